The Morgan fingerprint density at radius 2 is 1.93 bits per heavy atom. The second kappa shape index (κ2) is 4.63. The third kappa shape index (κ3) is 2.29. The van der Waals surface area contributed by atoms with Crippen LogP contribution in [0.2, 0.25) is 0 Å². The van der Waals surface area contributed by atoms with Crippen LogP contribution < -0.4 is 0 Å². The first-order valence-corrected chi connectivity index (χ1v) is 6.19. The standard InChI is InChI=1S/C12H23NO/c1-10(14)9-13-8-4-7-12(13)11-5-2-3-6-11/h10-12,14H,2-9H2,1H3/t10-,12?/m0/s1. The van der Waals surface area contributed by atoms with Crippen LogP contribution in [0.25, 0.3) is 0 Å². The summed E-state index contributed by atoms with van der Waals surface area (Å²) in [6.07, 6.45) is 8.29. The van der Waals surface area contributed by atoms with E-state index in [0.29, 0.717) is 0 Å². The Labute approximate surface area is 87.3 Å². The van der Waals surface area contributed by atoms with Gasteiger partial charge in [0.2, 0.25) is 0 Å². The third-order valence-electron chi connectivity index (χ3n) is 3.86. The van der Waals surface area contributed by atoms with E-state index in [2.05, 4.69) is 4.90 Å². The monoisotopic (exact) mass is 197 g/mol. The van der Waals surface area contributed by atoms with E-state index in [1.54, 1.807) is 0 Å². The Morgan fingerprint density at radius 1 is 1.21 bits per heavy atom. The van der Waals surface area contributed by atoms with Crippen molar-refractivity contribution in [3.8, 4) is 0 Å². The second-order valence-corrected chi connectivity index (χ2v) is 5.10. The van der Waals surface area contributed by atoms with Gasteiger partial charge in [0.15, 0.2) is 0 Å². The fraction of sp³-hybridized carbons (Fsp3) is 1.00. The van der Waals surface area contributed by atoms with Crippen LogP contribution in [0.3, 0.4) is 0 Å². The number of rotatable bonds is 3. The molecular weight excluding hydrogens is 174 g/mol. The van der Waals surface area contributed by atoms with Gasteiger partial charge in [-0.05, 0) is 45.1 Å². The number of nitrogens with zero attached hydrogens (tertiary/aromatic N) is 1. The van der Waals surface area contributed by atoms with Gasteiger partial charge in [0.05, 0.1) is 6.10 Å². The van der Waals surface area contributed by atoms with Gasteiger partial charge in [-0.2, -0.15) is 0 Å². The summed E-state index contributed by atoms with van der Waals surface area (Å²) in [7, 11) is 0. The van der Waals surface area contributed by atoms with Crippen molar-refractivity contribution < 1.29 is 5.11 Å². The number of hydrogen-bond donors (Lipinski definition) is 1. The molecular formula is C12H23NO. The van der Waals surface area contributed by atoms with Crippen LogP contribution in [0.15, 0.2) is 0 Å². The van der Waals surface area contributed by atoms with Gasteiger partial charge < -0.3 is 5.11 Å². The van der Waals surface area contributed by atoms with E-state index in [-0.39, 0.29) is 6.10 Å². The topological polar surface area (TPSA) is 23.5 Å². The molecule has 1 aliphatic carbocycles. The smallest absolute Gasteiger partial charge is 0.0639 e. The highest BCUT2D eigenvalue weighted by Crippen LogP contribution is 2.35. The summed E-state index contributed by atoms with van der Waals surface area (Å²) in [6.45, 7) is 4.01. The van der Waals surface area contributed by atoms with Crippen molar-refractivity contribution in [1.29, 1.82) is 0 Å². The molecule has 0 amide bonds. The van der Waals surface area contributed by atoms with E-state index in [9.17, 15) is 5.11 Å². The molecule has 1 unspecified atom stereocenters. The third-order valence-corrected chi connectivity index (χ3v) is 3.86. The quantitative estimate of drug-likeness (QED) is 0.748. The fourth-order valence-electron chi connectivity index (χ4n) is 3.29. The minimum Gasteiger partial charge on any atom is -0.392 e. The predicted molar refractivity (Wildman–Crippen MR) is 58.2 cm³/mol. The molecule has 82 valence electrons. The first kappa shape index (κ1) is 10.4. The summed E-state index contributed by atoms with van der Waals surface area (Å²) < 4.78 is 0. The normalized spacial score (nSPS) is 32.6. The van der Waals surface area contributed by atoms with Crippen LogP contribution in [0, 0.1) is 5.92 Å². The van der Waals surface area contributed by atoms with Gasteiger partial charge in [0.1, 0.15) is 0 Å². The molecule has 2 aliphatic rings. The van der Waals surface area contributed by atoms with Crippen LogP contribution in [-0.2, 0) is 0 Å². The van der Waals surface area contributed by atoms with E-state index >= 15 is 0 Å². The van der Waals surface area contributed by atoms with Gasteiger partial charge in [-0.1, -0.05) is 12.8 Å². The maximum absolute atomic E-state index is 9.43. The minimum absolute atomic E-state index is 0.156. The summed E-state index contributed by atoms with van der Waals surface area (Å²) in [6, 6.07) is 0.798. The summed E-state index contributed by atoms with van der Waals surface area (Å²) in [5, 5.41) is 9.43. The van der Waals surface area contributed by atoms with E-state index in [1.165, 1.54) is 45.1 Å². The highest BCUT2D eigenvalue weighted by atomic mass is 16.3. The molecule has 1 heterocycles. The zero-order chi connectivity index (χ0) is 9.97. The van der Waals surface area contributed by atoms with E-state index < -0.39 is 0 Å². The van der Waals surface area contributed by atoms with Gasteiger partial charge in [-0.3, -0.25) is 4.90 Å². The number of β-amino-alcohol motifs (C(OH)–C–C–N with tert-alkyl or cyclic N) is 1. The fourth-order valence-corrected chi connectivity index (χ4v) is 3.29. The molecule has 0 aromatic heterocycles. The van der Waals surface area contributed by atoms with Crippen LogP contribution in [-0.4, -0.2) is 35.2 Å². The molecule has 0 aromatic carbocycles. The van der Waals surface area contributed by atoms with Crippen LogP contribution in [0.1, 0.15) is 45.4 Å². The van der Waals surface area contributed by atoms with Crippen LogP contribution in [0.4, 0.5) is 0 Å². The zero-order valence-electron chi connectivity index (χ0n) is 9.28. The summed E-state index contributed by atoms with van der Waals surface area (Å²) in [4.78, 5) is 2.53. The number of aliphatic hydroxyl groups excluding tert-OH is 1. The molecule has 1 N–H and O–H groups in total. The molecule has 1 saturated heterocycles. The number of hydrogen-bond acceptors (Lipinski definition) is 2. The molecule has 2 atom stereocenters. The maximum atomic E-state index is 9.43. The van der Waals surface area contributed by atoms with Gasteiger partial charge in [-0.25, -0.2) is 0 Å². The lowest BCUT2D eigenvalue weighted by atomic mass is 9.96. The largest absolute Gasteiger partial charge is 0.392 e. The first-order valence-electron chi connectivity index (χ1n) is 6.19. The van der Waals surface area contributed by atoms with E-state index in [4.69, 9.17) is 0 Å². The zero-order valence-corrected chi connectivity index (χ0v) is 9.28. The summed E-state index contributed by atoms with van der Waals surface area (Å²) >= 11 is 0. The van der Waals surface area contributed by atoms with Crippen molar-refractivity contribution in [3.05, 3.63) is 0 Å². The molecule has 0 radical (unpaired) electrons. The average Bonchev–Trinajstić information content (AvgIpc) is 2.70. The molecule has 2 heteroatoms. The van der Waals surface area contributed by atoms with Crippen molar-refractivity contribution >= 4 is 0 Å². The van der Waals surface area contributed by atoms with E-state index in [0.717, 1.165) is 18.5 Å². The molecule has 1 saturated carbocycles. The molecule has 0 spiro atoms. The lowest BCUT2D eigenvalue weighted by Crippen LogP contribution is -2.38. The van der Waals surface area contributed by atoms with Crippen molar-refractivity contribution in [3.63, 3.8) is 0 Å². The number of likely N-dealkylation sites (tertiary alicyclic amines) is 1. The van der Waals surface area contributed by atoms with Crippen molar-refractivity contribution in [2.75, 3.05) is 13.1 Å². The highest BCUT2D eigenvalue weighted by molar-refractivity contribution is 4.87. The predicted octanol–water partition coefficient (Wildman–Crippen LogP) is 2.02. The minimum atomic E-state index is -0.156. The Morgan fingerprint density at radius 3 is 2.57 bits per heavy atom. The van der Waals surface area contributed by atoms with Gasteiger partial charge in [-0.15, -0.1) is 0 Å². The Kier molecular flexibility index (Phi) is 3.45. The number of aliphatic hydroxyl groups is 1. The first-order chi connectivity index (χ1) is 6.77. The van der Waals surface area contributed by atoms with E-state index in [1.807, 2.05) is 6.92 Å². The summed E-state index contributed by atoms with van der Waals surface area (Å²) in [5.41, 5.74) is 0. The highest BCUT2D eigenvalue weighted by Gasteiger charge is 2.33. The summed E-state index contributed by atoms with van der Waals surface area (Å²) in [5.74, 6) is 0.941. The van der Waals surface area contributed by atoms with Crippen molar-refractivity contribution in [2.24, 2.45) is 5.92 Å². The Balaban J connectivity index is 1.89. The molecule has 0 aromatic rings. The maximum Gasteiger partial charge on any atom is 0.0639 e. The van der Waals surface area contributed by atoms with Gasteiger partial charge in [0.25, 0.3) is 0 Å². The lowest BCUT2D eigenvalue weighted by molar-refractivity contribution is 0.100. The molecule has 2 fully saturated rings. The van der Waals surface area contributed by atoms with Crippen LogP contribution in [0.5, 0.6) is 0 Å². The Hall–Kier alpha value is -0.0800. The van der Waals surface area contributed by atoms with Gasteiger partial charge in [0, 0.05) is 12.6 Å². The average molecular weight is 197 g/mol. The van der Waals surface area contributed by atoms with Crippen molar-refractivity contribution in [2.45, 2.75) is 57.6 Å². The molecule has 0 bridgehead atoms. The molecule has 2 nitrogen and oxygen atoms in total. The lowest BCUT2D eigenvalue weighted by Gasteiger charge is -2.30. The van der Waals surface area contributed by atoms with Gasteiger partial charge >= 0.3 is 0 Å². The second-order valence-electron chi connectivity index (χ2n) is 5.10. The Bertz CT molecular complexity index is 175. The van der Waals surface area contributed by atoms with Crippen molar-refractivity contribution in [1.82, 2.24) is 4.90 Å². The molecule has 14 heavy (non-hydrogen) atoms. The SMILES string of the molecule is C[C@H](O)CN1CCCC1C1CCCC1. The van der Waals surface area contributed by atoms with Crippen LogP contribution >= 0.6 is 0 Å². The molecule has 1 aliphatic heterocycles. The molecule has 2 rings (SSSR count).